The van der Waals surface area contributed by atoms with Crippen LogP contribution in [0.5, 0.6) is 0 Å². The van der Waals surface area contributed by atoms with Crippen LogP contribution in [0.25, 0.3) is 22.2 Å². The van der Waals surface area contributed by atoms with E-state index in [1.807, 2.05) is 18.2 Å². The minimum atomic E-state index is -4.03. The van der Waals surface area contributed by atoms with Gasteiger partial charge in [0.1, 0.15) is 22.0 Å². The van der Waals surface area contributed by atoms with Gasteiger partial charge in [0, 0.05) is 6.54 Å². The number of halogens is 1. The maximum absolute atomic E-state index is 13.5. The van der Waals surface area contributed by atoms with E-state index in [1.165, 1.54) is 30.5 Å². The van der Waals surface area contributed by atoms with Gasteiger partial charge < -0.3 is 10.3 Å². The Balaban J connectivity index is 1.71. The first kappa shape index (κ1) is 20.6. The van der Waals surface area contributed by atoms with E-state index < -0.39 is 15.7 Å². The first-order valence-corrected chi connectivity index (χ1v) is 12.2. The smallest absolute Gasteiger partial charge is 0.212 e. The van der Waals surface area contributed by atoms with Gasteiger partial charge >= 0.3 is 0 Å². The molecule has 2 aromatic heterocycles. The van der Waals surface area contributed by atoms with E-state index in [2.05, 4.69) is 11.1 Å². The Morgan fingerprint density at radius 3 is 2.41 bits per heavy atom. The molecule has 0 atom stereocenters. The summed E-state index contributed by atoms with van der Waals surface area (Å²) in [4.78, 5) is 9.25. The van der Waals surface area contributed by atoms with Gasteiger partial charge in [-0.3, -0.25) is 0 Å². The molecule has 4 aromatic rings. The monoisotopic (exact) mass is 450 g/mol. The quantitative estimate of drug-likeness (QED) is 0.340. The Hall–Kier alpha value is -3.26. The van der Waals surface area contributed by atoms with Crippen molar-refractivity contribution in [3.63, 3.8) is 0 Å². The molecule has 2 heterocycles. The molecule has 6 nitrogen and oxygen atoms in total. The minimum absolute atomic E-state index is 0.0328. The molecule has 8 heteroatoms. The molecule has 2 N–H and O–H groups in total. The summed E-state index contributed by atoms with van der Waals surface area (Å²) in [5.41, 5.74) is 9.75. The summed E-state index contributed by atoms with van der Waals surface area (Å²) in [6.07, 6.45) is 7.54. The zero-order valence-corrected chi connectivity index (χ0v) is 18.3. The molecule has 0 saturated carbocycles. The van der Waals surface area contributed by atoms with Crippen LogP contribution in [0.2, 0.25) is 0 Å². The molecule has 1 aliphatic carbocycles. The number of nitrogens with two attached hydrogens (primary N) is 1. The molecule has 0 bridgehead atoms. The lowest BCUT2D eigenvalue weighted by Gasteiger charge is -2.14. The van der Waals surface area contributed by atoms with E-state index in [-0.39, 0.29) is 21.1 Å². The van der Waals surface area contributed by atoms with Crippen molar-refractivity contribution in [2.75, 3.05) is 5.73 Å². The van der Waals surface area contributed by atoms with Gasteiger partial charge in [-0.05, 0) is 68.5 Å². The lowest BCUT2D eigenvalue weighted by Crippen LogP contribution is -2.09. The highest BCUT2D eigenvalue weighted by Gasteiger charge is 2.30. The van der Waals surface area contributed by atoms with Gasteiger partial charge in [-0.2, -0.15) is 0 Å². The molecule has 0 spiro atoms. The van der Waals surface area contributed by atoms with Crippen LogP contribution in [0.1, 0.15) is 32.1 Å². The second kappa shape index (κ2) is 8.02. The van der Waals surface area contributed by atoms with Gasteiger partial charge in [0.2, 0.25) is 9.84 Å². The van der Waals surface area contributed by atoms with Crippen molar-refractivity contribution >= 4 is 37.9 Å². The number of nitrogen functional groups attached to an aromatic ring is 1. The van der Waals surface area contributed by atoms with Gasteiger partial charge in [0.25, 0.3) is 0 Å². The second-order valence-electron chi connectivity index (χ2n) is 8.07. The first-order chi connectivity index (χ1) is 15.4. The van der Waals surface area contributed by atoms with Crippen molar-refractivity contribution in [3.8, 4) is 0 Å². The number of hydrogen-bond acceptors (Lipinski definition) is 5. The van der Waals surface area contributed by atoms with Crippen LogP contribution in [0.15, 0.2) is 70.0 Å². The molecule has 0 saturated heterocycles. The SMILES string of the molecule is Nc1c(S(=O)(=O)c2ccc(F)cc2)c2nc3ccccc3nc2n1CCC1=CCCCC1. The van der Waals surface area contributed by atoms with E-state index in [0.29, 0.717) is 23.2 Å². The van der Waals surface area contributed by atoms with Crippen molar-refractivity contribution in [3.05, 3.63) is 66.0 Å². The third-order valence-electron chi connectivity index (χ3n) is 5.98. The summed E-state index contributed by atoms with van der Waals surface area (Å²) in [5.74, 6) is -0.401. The van der Waals surface area contributed by atoms with Crippen LogP contribution in [-0.2, 0) is 16.4 Å². The van der Waals surface area contributed by atoms with E-state index in [0.717, 1.165) is 31.4 Å². The topological polar surface area (TPSA) is 90.9 Å². The highest BCUT2D eigenvalue weighted by Crippen LogP contribution is 2.36. The third kappa shape index (κ3) is 3.54. The highest BCUT2D eigenvalue weighted by molar-refractivity contribution is 7.92. The number of allylic oxidation sites excluding steroid dienone is 2. The maximum atomic E-state index is 13.5. The standard InChI is InChI=1S/C24H23FN4O2S/c25-17-10-12-18(13-11-17)32(30,31)22-21-24(28-20-9-5-4-8-19(20)27-21)29(23(22)26)15-14-16-6-2-1-3-7-16/h4-6,8-13H,1-3,7,14-15,26H2. The third-order valence-corrected chi connectivity index (χ3v) is 7.81. The molecule has 0 aliphatic heterocycles. The fraction of sp³-hybridized carbons (Fsp3) is 0.250. The molecule has 1 aliphatic rings. The van der Waals surface area contributed by atoms with Crippen LogP contribution in [0.4, 0.5) is 10.2 Å². The number of aryl methyl sites for hydroxylation is 1. The molecule has 2 aromatic carbocycles. The number of benzene rings is 2. The van der Waals surface area contributed by atoms with Gasteiger partial charge in [-0.25, -0.2) is 22.8 Å². The molecular weight excluding hydrogens is 427 g/mol. The Bertz CT molecular complexity index is 1460. The Morgan fingerprint density at radius 2 is 1.72 bits per heavy atom. The molecule has 32 heavy (non-hydrogen) atoms. The minimum Gasteiger partial charge on any atom is -0.384 e. The predicted octanol–water partition coefficient (Wildman–Crippen LogP) is 5.03. The van der Waals surface area contributed by atoms with Crippen molar-refractivity contribution < 1.29 is 12.8 Å². The molecule has 164 valence electrons. The largest absolute Gasteiger partial charge is 0.384 e. The number of sulfone groups is 1. The van der Waals surface area contributed by atoms with Crippen LogP contribution in [0.3, 0.4) is 0 Å². The van der Waals surface area contributed by atoms with Gasteiger partial charge in [-0.15, -0.1) is 0 Å². The Labute approximate surface area is 185 Å². The number of para-hydroxylation sites is 2. The van der Waals surface area contributed by atoms with Crippen LogP contribution in [-0.4, -0.2) is 23.0 Å². The zero-order valence-electron chi connectivity index (χ0n) is 17.5. The first-order valence-electron chi connectivity index (χ1n) is 10.7. The van der Waals surface area contributed by atoms with Crippen molar-refractivity contribution in [1.29, 1.82) is 0 Å². The zero-order chi connectivity index (χ0) is 22.3. The highest BCUT2D eigenvalue weighted by atomic mass is 32.2. The normalized spacial score (nSPS) is 14.7. The maximum Gasteiger partial charge on any atom is 0.212 e. The Kier molecular flexibility index (Phi) is 5.17. The van der Waals surface area contributed by atoms with E-state index in [1.54, 1.807) is 10.6 Å². The van der Waals surface area contributed by atoms with Crippen molar-refractivity contribution in [2.45, 2.75) is 48.4 Å². The van der Waals surface area contributed by atoms with Crippen LogP contribution < -0.4 is 5.73 Å². The number of fused-ring (bicyclic) bond motifs is 2. The van der Waals surface area contributed by atoms with E-state index in [4.69, 9.17) is 10.7 Å². The molecular formula is C24H23FN4O2S. The predicted molar refractivity (Wildman–Crippen MR) is 122 cm³/mol. The number of rotatable bonds is 5. The van der Waals surface area contributed by atoms with E-state index in [9.17, 15) is 12.8 Å². The number of aromatic nitrogens is 3. The summed E-state index contributed by atoms with van der Waals surface area (Å²) >= 11 is 0. The fourth-order valence-electron chi connectivity index (χ4n) is 4.30. The van der Waals surface area contributed by atoms with Gasteiger partial charge in [0.15, 0.2) is 5.65 Å². The summed E-state index contributed by atoms with van der Waals surface area (Å²) in [7, 11) is -4.03. The number of hydrogen-bond donors (Lipinski definition) is 1. The molecule has 0 radical (unpaired) electrons. The van der Waals surface area contributed by atoms with Gasteiger partial charge in [0.05, 0.1) is 15.9 Å². The summed E-state index contributed by atoms with van der Waals surface area (Å²) in [6, 6.07) is 12.1. The average molecular weight is 451 g/mol. The Morgan fingerprint density at radius 1 is 1.00 bits per heavy atom. The number of nitrogens with zero attached hydrogens (tertiary/aromatic N) is 3. The second-order valence-corrected chi connectivity index (χ2v) is 9.95. The van der Waals surface area contributed by atoms with Crippen LogP contribution in [0, 0.1) is 5.82 Å². The van der Waals surface area contributed by atoms with E-state index >= 15 is 0 Å². The van der Waals surface area contributed by atoms with Crippen molar-refractivity contribution in [2.24, 2.45) is 0 Å². The lowest BCUT2D eigenvalue weighted by molar-refractivity contribution is 0.595. The molecule has 5 rings (SSSR count). The summed E-state index contributed by atoms with van der Waals surface area (Å²) in [5, 5.41) is 0. The number of anilines is 1. The summed E-state index contributed by atoms with van der Waals surface area (Å²) < 4.78 is 42.2. The average Bonchev–Trinajstić information content (AvgIpc) is 3.07. The molecule has 0 amide bonds. The fourth-order valence-corrected chi connectivity index (χ4v) is 5.81. The van der Waals surface area contributed by atoms with Crippen molar-refractivity contribution in [1.82, 2.24) is 14.5 Å². The summed E-state index contributed by atoms with van der Waals surface area (Å²) in [6.45, 7) is 0.514. The lowest BCUT2D eigenvalue weighted by atomic mass is 9.97. The molecule has 0 unspecified atom stereocenters. The van der Waals surface area contributed by atoms with Crippen LogP contribution >= 0.6 is 0 Å². The molecule has 0 fully saturated rings. The van der Waals surface area contributed by atoms with Gasteiger partial charge in [-0.1, -0.05) is 23.8 Å².